The number of aromatic nitrogens is 5. The number of halogens is 3. The van der Waals surface area contributed by atoms with Crippen molar-refractivity contribution in [2.75, 3.05) is 18.0 Å². The molecule has 2 aliphatic rings. The molecule has 0 saturated carbocycles. The maximum Gasteiger partial charge on any atom is 0.434 e. The summed E-state index contributed by atoms with van der Waals surface area (Å²) in [6.07, 6.45) is 4.99. The summed E-state index contributed by atoms with van der Waals surface area (Å²) in [5, 5.41) is 0. The summed E-state index contributed by atoms with van der Waals surface area (Å²) in [5.41, 5.74) is 10.5. The van der Waals surface area contributed by atoms with E-state index < -0.39 is 11.9 Å². The van der Waals surface area contributed by atoms with Gasteiger partial charge in [0, 0.05) is 42.6 Å². The van der Waals surface area contributed by atoms with Gasteiger partial charge in [0.05, 0.1) is 11.1 Å². The smallest absolute Gasteiger partial charge is 0.355 e. The van der Waals surface area contributed by atoms with E-state index in [9.17, 15) is 13.2 Å². The highest BCUT2D eigenvalue weighted by molar-refractivity contribution is 7.99. The Labute approximate surface area is 214 Å². The molecule has 7 nitrogen and oxygen atoms in total. The van der Waals surface area contributed by atoms with Gasteiger partial charge in [-0.1, -0.05) is 11.8 Å². The Morgan fingerprint density at radius 1 is 1.00 bits per heavy atom. The normalized spacial score (nSPS) is 19.4. The Morgan fingerprint density at radius 3 is 2.62 bits per heavy atom. The molecular formula is C26H22F3N7S. The molecule has 0 bridgehead atoms. The van der Waals surface area contributed by atoms with Crippen LogP contribution in [0.25, 0.3) is 16.8 Å². The molecule has 37 heavy (non-hydrogen) atoms. The number of nitrogens with zero attached hydrogens (tertiary/aromatic N) is 6. The molecular weight excluding hydrogens is 499 g/mol. The standard InChI is InChI=1S/C26H22F3N7S/c27-26(28,29)22-18(2-1-8-32-22)37-19-3-4-20-34-23(17-14-33-24(19)36(17)20)35-10-6-25(7-11-35)12-15-5-9-31-13-16(15)21(25)30/h1-5,8-9,13-14,21H,6-7,10-12,30H2/t21-/m0/s1. The zero-order valence-electron chi connectivity index (χ0n) is 19.6. The summed E-state index contributed by atoms with van der Waals surface area (Å²) >= 11 is 1.01. The summed E-state index contributed by atoms with van der Waals surface area (Å²) in [7, 11) is 0. The summed E-state index contributed by atoms with van der Waals surface area (Å²) in [5.74, 6) is 0.850. The minimum Gasteiger partial charge on any atom is -0.355 e. The van der Waals surface area contributed by atoms with Crippen LogP contribution in [-0.2, 0) is 12.6 Å². The van der Waals surface area contributed by atoms with E-state index in [4.69, 9.17) is 10.7 Å². The molecule has 1 aliphatic carbocycles. The fraction of sp³-hybridized carbons (Fsp3) is 0.308. The van der Waals surface area contributed by atoms with Gasteiger partial charge >= 0.3 is 6.18 Å². The van der Waals surface area contributed by atoms with Gasteiger partial charge in [0.25, 0.3) is 0 Å². The molecule has 6 heterocycles. The number of alkyl halides is 3. The van der Waals surface area contributed by atoms with Crippen molar-refractivity contribution in [2.45, 2.75) is 41.3 Å². The van der Waals surface area contributed by atoms with Gasteiger partial charge in [-0.3, -0.25) is 14.4 Å². The molecule has 0 aromatic carbocycles. The molecule has 1 aliphatic heterocycles. The van der Waals surface area contributed by atoms with Gasteiger partial charge in [-0.25, -0.2) is 9.97 Å². The van der Waals surface area contributed by atoms with Gasteiger partial charge < -0.3 is 10.6 Å². The summed E-state index contributed by atoms with van der Waals surface area (Å²) < 4.78 is 42.4. The number of anilines is 1. The van der Waals surface area contributed by atoms with E-state index in [0.29, 0.717) is 10.5 Å². The number of hydrogen-bond donors (Lipinski definition) is 1. The van der Waals surface area contributed by atoms with E-state index in [1.165, 1.54) is 17.7 Å². The summed E-state index contributed by atoms with van der Waals surface area (Å²) in [4.78, 5) is 20.2. The average Bonchev–Trinajstić information content (AvgIpc) is 3.56. The summed E-state index contributed by atoms with van der Waals surface area (Å²) in [6.45, 7) is 1.64. The molecule has 11 heteroatoms. The van der Waals surface area contributed by atoms with E-state index in [0.717, 1.165) is 72.9 Å². The van der Waals surface area contributed by atoms with Crippen LogP contribution in [0.5, 0.6) is 0 Å². The van der Waals surface area contributed by atoms with E-state index in [1.54, 1.807) is 12.3 Å². The zero-order valence-corrected chi connectivity index (χ0v) is 20.4. The van der Waals surface area contributed by atoms with Crippen molar-refractivity contribution in [3.63, 3.8) is 0 Å². The van der Waals surface area contributed by atoms with Crippen molar-refractivity contribution in [3.05, 3.63) is 71.9 Å². The molecule has 7 rings (SSSR count). The molecule has 0 unspecified atom stereocenters. The first-order chi connectivity index (χ1) is 17.8. The minimum atomic E-state index is -4.53. The maximum atomic E-state index is 13.5. The van der Waals surface area contributed by atoms with E-state index in [2.05, 4.69) is 25.9 Å². The minimum absolute atomic E-state index is 0.0172. The predicted molar refractivity (Wildman–Crippen MR) is 134 cm³/mol. The molecule has 0 amide bonds. The molecule has 1 spiro atoms. The van der Waals surface area contributed by atoms with E-state index >= 15 is 0 Å². The molecule has 5 aromatic heterocycles. The Balaban J connectivity index is 1.18. The van der Waals surface area contributed by atoms with Crippen LogP contribution in [0.15, 0.2) is 64.9 Å². The number of nitrogens with two attached hydrogens (primary N) is 1. The molecule has 5 aromatic rings. The van der Waals surface area contributed by atoms with Crippen molar-refractivity contribution in [2.24, 2.45) is 11.1 Å². The third-order valence-electron chi connectivity index (χ3n) is 7.85. The van der Waals surface area contributed by atoms with Gasteiger partial charge in [-0.2, -0.15) is 13.2 Å². The van der Waals surface area contributed by atoms with Gasteiger partial charge in [0.2, 0.25) is 0 Å². The van der Waals surface area contributed by atoms with Crippen LogP contribution in [0.1, 0.15) is 35.7 Å². The topological polar surface area (TPSA) is 85.2 Å². The van der Waals surface area contributed by atoms with Gasteiger partial charge in [-0.15, -0.1) is 0 Å². The van der Waals surface area contributed by atoms with Crippen LogP contribution in [0.3, 0.4) is 0 Å². The van der Waals surface area contributed by atoms with Crippen LogP contribution in [0.4, 0.5) is 19.0 Å². The van der Waals surface area contributed by atoms with Crippen molar-refractivity contribution >= 4 is 34.4 Å². The highest BCUT2D eigenvalue weighted by atomic mass is 32.2. The first kappa shape index (κ1) is 22.7. The number of piperidine rings is 1. The number of fused-ring (bicyclic) bond motifs is 1. The number of rotatable bonds is 3. The second kappa shape index (κ2) is 8.03. The Morgan fingerprint density at radius 2 is 1.84 bits per heavy atom. The van der Waals surface area contributed by atoms with Gasteiger partial charge in [0.1, 0.15) is 11.2 Å². The lowest BCUT2D eigenvalue weighted by Gasteiger charge is -2.42. The quantitative estimate of drug-likeness (QED) is 0.353. The van der Waals surface area contributed by atoms with Crippen LogP contribution in [-0.4, -0.2) is 37.4 Å². The Bertz CT molecular complexity index is 1620. The van der Waals surface area contributed by atoms with E-state index in [1.807, 2.05) is 22.9 Å². The highest BCUT2D eigenvalue weighted by Crippen LogP contribution is 2.51. The Kier molecular flexibility index (Phi) is 4.93. The second-order valence-electron chi connectivity index (χ2n) is 9.82. The predicted octanol–water partition coefficient (Wildman–Crippen LogP) is 5.12. The largest absolute Gasteiger partial charge is 0.434 e. The van der Waals surface area contributed by atoms with Crippen LogP contribution >= 0.6 is 11.8 Å². The molecule has 0 radical (unpaired) electrons. The highest BCUT2D eigenvalue weighted by Gasteiger charge is 2.46. The van der Waals surface area contributed by atoms with Crippen molar-refractivity contribution in [1.82, 2.24) is 24.3 Å². The zero-order chi connectivity index (χ0) is 25.4. The van der Waals surface area contributed by atoms with Gasteiger partial charge in [0.15, 0.2) is 17.2 Å². The number of imidazole rings is 2. The van der Waals surface area contributed by atoms with Crippen molar-refractivity contribution in [3.8, 4) is 0 Å². The van der Waals surface area contributed by atoms with Crippen LogP contribution in [0, 0.1) is 5.41 Å². The molecule has 2 N–H and O–H groups in total. The average molecular weight is 522 g/mol. The Hall–Kier alpha value is -3.44. The number of pyridine rings is 3. The lowest BCUT2D eigenvalue weighted by atomic mass is 9.73. The first-order valence-corrected chi connectivity index (χ1v) is 12.9. The fourth-order valence-electron chi connectivity index (χ4n) is 5.93. The molecule has 1 fully saturated rings. The second-order valence-corrected chi connectivity index (χ2v) is 10.9. The molecule has 188 valence electrons. The van der Waals surface area contributed by atoms with Crippen molar-refractivity contribution < 1.29 is 13.2 Å². The van der Waals surface area contributed by atoms with E-state index in [-0.39, 0.29) is 16.4 Å². The lowest BCUT2D eigenvalue weighted by Crippen LogP contribution is -2.44. The van der Waals surface area contributed by atoms with Crippen LogP contribution in [0.2, 0.25) is 0 Å². The third-order valence-corrected chi connectivity index (χ3v) is 8.93. The monoisotopic (exact) mass is 521 g/mol. The number of hydrogen-bond acceptors (Lipinski definition) is 7. The van der Waals surface area contributed by atoms with Crippen molar-refractivity contribution in [1.29, 1.82) is 0 Å². The molecule has 1 saturated heterocycles. The molecule has 1 atom stereocenters. The lowest BCUT2D eigenvalue weighted by molar-refractivity contribution is -0.143. The van der Waals surface area contributed by atoms with Crippen LogP contribution < -0.4 is 10.6 Å². The third kappa shape index (κ3) is 3.47. The first-order valence-electron chi connectivity index (χ1n) is 12.1. The SMILES string of the molecule is N[C@H]1c2cnccc2CC12CCN(c1nc3ccc(Sc4cccnc4C(F)(F)F)c4ncc1n34)CC2. The summed E-state index contributed by atoms with van der Waals surface area (Å²) in [6, 6.07) is 8.61. The maximum absolute atomic E-state index is 13.5. The fourth-order valence-corrected chi connectivity index (χ4v) is 6.95. The van der Waals surface area contributed by atoms with Gasteiger partial charge in [-0.05, 0) is 66.1 Å².